The molecule has 0 radical (unpaired) electrons. The van der Waals surface area contributed by atoms with E-state index >= 15 is 0 Å². The zero-order chi connectivity index (χ0) is 18.1. The second-order valence-corrected chi connectivity index (χ2v) is 6.55. The molecule has 3 aromatic rings. The molecule has 1 fully saturated rings. The number of anilines is 1. The maximum atomic E-state index is 6.14. The van der Waals surface area contributed by atoms with Crippen molar-refractivity contribution in [3.63, 3.8) is 0 Å². The molecule has 0 unspecified atom stereocenters. The van der Waals surface area contributed by atoms with Gasteiger partial charge in [-0.15, -0.1) is 0 Å². The van der Waals surface area contributed by atoms with Gasteiger partial charge < -0.3 is 14.6 Å². The molecule has 0 bridgehead atoms. The predicted octanol–water partition coefficient (Wildman–Crippen LogP) is 1.04. The second kappa shape index (κ2) is 7.00. The van der Waals surface area contributed by atoms with Crippen LogP contribution in [0, 0.1) is 6.92 Å². The Morgan fingerprint density at radius 1 is 1.38 bits per heavy atom. The molecule has 26 heavy (non-hydrogen) atoms. The molecule has 1 saturated heterocycles. The minimum atomic E-state index is 0.00569. The fourth-order valence-corrected chi connectivity index (χ4v) is 3.60. The lowest BCUT2D eigenvalue weighted by Crippen LogP contribution is -2.48. The summed E-state index contributed by atoms with van der Waals surface area (Å²) in [5, 5.41) is 7.73. The molecule has 4 heterocycles. The van der Waals surface area contributed by atoms with E-state index in [0.29, 0.717) is 12.3 Å². The van der Waals surface area contributed by atoms with Gasteiger partial charge >= 0.3 is 0 Å². The van der Waals surface area contributed by atoms with Crippen LogP contribution in [0.25, 0.3) is 5.78 Å². The van der Waals surface area contributed by atoms with Gasteiger partial charge in [0.05, 0.1) is 30.8 Å². The van der Waals surface area contributed by atoms with E-state index in [1.165, 1.54) is 6.33 Å². The van der Waals surface area contributed by atoms with Crippen LogP contribution in [0.5, 0.6) is 0 Å². The van der Waals surface area contributed by atoms with Crippen molar-refractivity contribution in [3.05, 3.63) is 36.3 Å². The molecule has 0 aromatic carbocycles. The highest BCUT2D eigenvalue weighted by molar-refractivity contribution is 5.44. The van der Waals surface area contributed by atoms with Crippen LogP contribution in [0.2, 0.25) is 0 Å². The Kier molecular flexibility index (Phi) is 4.56. The van der Waals surface area contributed by atoms with E-state index in [1.807, 2.05) is 32.6 Å². The molecule has 0 aliphatic carbocycles. The van der Waals surface area contributed by atoms with Gasteiger partial charge in [0.2, 0.25) is 0 Å². The van der Waals surface area contributed by atoms with Crippen molar-refractivity contribution in [2.45, 2.75) is 26.0 Å². The van der Waals surface area contributed by atoms with Crippen LogP contribution in [0.1, 0.15) is 24.4 Å². The molecule has 3 aromatic heterocycles. The first-order valence-corrected chi connectivity index (χ1v) is 8.90. The maximum Gasteiger partial charge on any atom is 0.254 e. The summed E-state index contributed by atoms with van der Waals surface area (Å²) < 4.78 is 9.93. The first-order valence-electron chi connectivity index (χ1n) is 8.90. The lowest BCUT2D eigenvalue weighted by atomic mass is 10.0. The van der Waals surface area contributed by atoms with E-state index in [-0.39, 0.29) is 12.1 Å². The standard InChI is InChI=1S/C17H24N8O/c1-4-24-5-6-26-14(16(24)13-8-18-11-23(13)3)9-19-15-7-12(2)22-17-20-10-21-25(15)17/h7-8,10-11,14,16,19H,4-6,9H2,1-3H3/t14-,16-/m0/s1. The van der Waals surface area contributed by atoms with Crippen molar-refractivity contribution < 1.29 is 4.74 Å². The Bertz CT molecular complexity index is 888. The van der Waals surface area contributed by atoms with Crippen LogP contribution in [0.4, 0.5) is 5.82 Å². The molecule has 1 aliphatic heterocycles. The van der Waals surface area contributed by atoms with Crippen molar-refractivity contribution in [3.8, 4) is 0 Å². The predicted molar refractivity (Wildman–Crippen MR) is 96.9 cm³/mol. The smallest absolute Gasteiger partial charge is 0.254 e. The number of aryl methyl sites for hydroxylation is 2. The monoisotopic (exact) mass is 356 g/mol. The van der Waals surface area contributed by atoms with Gasteiger partial charge in [-0.1, -0.05) is 6.92 Å². The number of ether oxygens (including phenoxy) is 1. The summed E-state index contributed by atoms with van der Waals surface area (Å²) in [7, 11) is 2.03. The Morgan fingerprint density at radius 3 is 3.04 bits per heavy atom. The van der Waals surface area contributed by atoms with E-state index in [0.717, 1.165) is 36.9 Å². The molecule has 1 aliphatic rings. The Morgan fingerprint density at radius 2 is 2.27 bits per heavy atom. The fourth-order valence-electron chi connectivity index (χ4n) is 3.60. The third kappa shape index (κ3) is 3.04. The number of nitrogens with one attached hydrogen (secondary N) is 1. The summed E-state index contributed by atoms with van der Waals surface area (Å²) in [6.07, 6.45) is 5.29. The van der Waals surface area contributed by atoms with E-state index in [2.05, 4.69) is 41.8 Å². The molecule has 2 atom stereocenters. The number of morpholine rings is 1. The number of rotatable bonds is 5. The fraction of sp³-hybridized carbons (Fsp3) is 0.529. The molecular formula is C17H24N8O. The van der Waals surface area contributed by atoms with Crippen LogP contribution in [-0.4, -0.2) is 66.4 Å². The minimum Gasteiger partial charge on any atom is -0.373 e. The highest BCUT2D eigenvalue weighted by atomic mass is 16.5. The third-order valence-corrected chi connectivity index (χ3v) is 4.88. The quantitative estimate of drug-likeness (QED) is 0.731. The average molecular weight is 356 g/mol. The molecular weight excluding hydrogens is 332 g/mol. The normalized spacial score (nSPS) is 21.3. The lowest BCUT2D eigenvalue weighted by molar-refractivity contribution is -0.0661. The number of nitrogens with zero attached hydrogens (tertiary/aromatic N) is 7. The molecule has 138 valence electrons. The van der Waals surface area contributed by atoms with Gasteiger partial charge in [0, 0.05) is 38.1 Å². The number of aromatic nitrogens is 6. The van der Waals surface area contributed by atoms with Gasteiger partial charge in [0.1, 0.15) is 12.1 Å². The summed E-state index contributed by atoms with van der Waals surface area (Å²) in [6.45, 7) is 7.41. The van der Waals surface area contributed by atoms with Crippen LogP contribution < -0.4 is 5.32 Å². The summed E-state index contributed by atoms with van der Waals surface area (Å²) in [4.78, 5) is 15.3. The van der Waals surface area contributed by atoms with E-state index < -0.39 is 0 Å². The third-order valence-electron chi connectivity index (χ3n) is 4.88. The Labute approximate surface area is 152 Å². The largest absolute Gasteiger partial charge is 0.373 e. The van der Waals surface area contributed by atoms with Gasteiger partial charge in [-0.3, -0.25) is 4.90 Å². The Hall–Kier alpha value is -2.52. The number of imidazole rings is 1. The van der Waals surface area contributed by atoms with E-state index in [4.69, 9.17) is 4.74 Å². The van der Waals surface area contributed by atoms with E-state index in [1.54, 1.807) is 4.52 Å². The minimum absolute atomic E-state index is 0.00569. The molecule has 9 nitrogen and oxygen atoms in total. The summed E-state index contributed by atoms with van der Waals surface area (Å²) >= 11 is 0. The SMILES string of the molecule is CCN1CCO[C@@H](CNc2cc(C)nc3ncnn23)[C@@H]1c1cncn1C. The summed E-state index contributed by atoms with van der Waals surface area (Å²) in [5.41, 5.74) is 2.06. The van der Waals surface area contributed by atoms with Crippen LogP contribution in [0.15, 0.2) is 24.9 Å². The average Bonchev–Trinajstić information content (AvgIpc) is 3.27. The van der Waals surface area contributed by atoms with Crippen molar-refractivity contribution in [1.29, 1.82) is 0 Å². The van der Waals surface area contributed by atoms with Crippen molar-refractivity contribution in [2.24, 2.45) is 7.05 Å². The topological polar surface area (TPSA) is 85.4 Å². The summed E-state index contributed by atoms with van der Waals surface area (Å²) in [5.74, 6) is 1.46. The molecule has 0 amide bonds. The van der Waals surface area contributed by atoms with Crippen molar-refractivity contribution >= 4 is 11.6 Å². The lowest BCUT2D eigenvalue weighted by Gasteiger charge is -2.40. The zero-order valence-corrected chi connectivity index (χ0v) is 15.3. The van der Waals surface area contributed by atoms with Crippen LogP contribution in [0.3, 0.4) is 0 Å². The van der Waals surface area contributed by atoms with Gasteiger partial charge in [-0.05, 0) is 13.5 Å². The number of likely N-dealkylation sites (N-methyl/N-ethyl adjacent to an activating group) is 1. The first-order chi connectivity index (χ1) is 12.7. The summed E-state index contributed by atoms with van der Waals surface area (Å²) in [6, 6.07) is 2.13. The molecule has 9 heteroatoms. The number of fused-ring (bicyclic) bond motifs is 1. The van der Waals surface area contributed by atoms with Gasteiger partial charge in [0.15, 0.2) is 0 Å². The van der Waals surface area contributed by atoms with Crippen molar-refractivity contribution in [1.82, 2.24) is 34.0 Å². The van der Waals surface area contributed by atoms with Gasteiger partial charge in [-0.2, -0.15) is 14.6 Å². The molecule has 4 rings (SSSR count). The highest BCUT2D eigenvalue weighted by Gasteiger charge is 2.34. The number of hydrogen-bond acceptors (Lipinski definition) is 7. The molecule has 1 N–H and O–H groups in total. The molecule has 0 spiro atoms. The van der Waals surface area contributed by atoms with Gasteiger partial charge in [0.25, 0.3) is 5.78 Å². The van der Waals surface area contributed by atoms with Gasteiger partial charge in [-0.25, -0.2) is 9.97 Å². The van der Waals surface area contributed by atoms with E-state index in [9.17, 15) is 0 Å². The zero-order valence-electron chi connectivity index (χ0n) is 15.3. The highest BCUT2D eigenvalue weighted by Crippen LogP contribution is 2.29. The molecule has 0 saturated carbocycles. The van der Waals surface area contributed by atoms with Crippen molar-refractivity contribution in [2.75, 3.05) is 31.6 Å². The maximum absolute atomic E-state index is 6.14. The first kappa shape index (κ1) is 16.9. The number of hydrogen-bond donors (Lipinski definition) is 1. The Balaban J connectivity index is 1.59. The second-order valence-electron chi connectivity index (χ2n) is 6.55. The van der Waals surface area contributed by atoms with Crippen LogP contribution >= 0.6 is 0 Å². The van der Waals surface area contributed by atoms with Crippen LogP contribution in [-0.2, 0) is 11.8 Å².